The van der Waals surface area contributed by atoms with Gasteiger partial charge in [0, 0.05) is 17.3 Å². The van der Waals surface area contributed by atoms with Gasteiger partial charge >= 0.3 is 5.97 Å². The van der Waals surface area contributed by atoms with Gasteiger partial charge in [0.05, 0.1) is 17.8 Å². The van der Waals surface area contributed by atoms with Gasteiger partial charge in [-0.25, -0.2) is 9.18 Å². The van der Waals surface area contributed by atoms with Crippen LogP contribution in [0.5, 0.6) is 0 Å². The predicted octanol–water partition coefficient (Wildman–Crippen LogP) is 4.20. The Morgan fingerprint density at radius 2 is 2.05 bits per heavy atom. The van der Waals surface area contributed by atoms with Gasteiger partial charge in [-0.15, -0.1) is 0 Å². The van der Waals surface area contributed by atoms with Gasteiger partial charge in [0.15, 0.2) is 0 Å². The zero-order valence-electron chi connectivity index (χ0n) is 12.6. The Labute approximate surface area is 128 Å². The van der Waals surface area contributed by atoms with Crippen molar-refractivity contribution in [2.75, 3.05) is 0 Å². The third kappa shape index (κ3) is 2.75. The molecule has 1 aliphatic carbocycles. The molecule has 0 atom stereocenters. The van der Waals surface area contributed by atoms with Gasteiger partial charge in [0.25, 0.3) is 0 Å². The average molecular weight is 302 g/mol. The lowest BCUT2D eigenvalue weighted by atomic mass is 9.95. The Kier molecular flexibility index (Phi) is 3.96. The number of benzene rings is 1. The molecule has 0 spiro atoms. The molecular formula is C17H19FN2O2. The van der Waals surface area contributed by atoms with Crippen LogP contribution < -0.4 is 0 Å². The first kappa shape index (κ1) is 14.8. The zero-order chi connectivity index (χ0) is 15.7. The summed E-state index contributed by atoms with van der Waals surface area (Å²) in [6.07, 6.45) is 9.30. The highest BCUT2D eigenvalue weighted by Crippen LogP contribution is 2.31. The molecule has 0 unspecified atom stereocenters. The Bertz CT molecular complexity index is 703. The van der Waals surface area contributed by atoms with Crippen LogP contribution in [0.3, 0.4) is 0 Å². The molecule has 1 aromatic carbocycles. The molecular weight excluding hydrogens is 283 g/mol. The summed E-state index contributed by atoms with van der Waals surface area (Å²) < 4.78 is 15.8. The molecule has 5 heteroatoms. The van der Waals surface area contributed by atoms with Crippen LogP contribution >= 0.6 is 0 Å². The van der Waals surface area contributed by atoms with E-state index in [1.165, 1.54) is 31.4 Å². The smallest absolute Gasteiger partial charge is 0.336 e. The molecule has 116 valence electrons. The number of halogens is 1. The lowest BCUT2D eigenvalue weighted by molar-refractivity contribution is 0.0697. The maximum absolute atomic E-state index is 13.8. The van der Waals surface area contributed by atoms with E-state index >= 15 is 0 Å². The lowest BCUT2D eigenvalue weighted by Crippen LogP contribution is -2.12. The summed E-state index contributed by atoms with van der Waals surface area (Å²) in [5.74, 6) is -1.45. The van der Waals surface area contributed by atoms with E-state index in [9.17, 15) is 14.3 Å². The van der Waals surface area contributed by atoms with Crippen molar-refractivity contribution in [3.63, 3.8) is 0 Å². The zero-order valence-corrected chi connectivity index (χ0v) is 12.6. The number of nitrogens with zero attached hydrogens (tertiary/aromatic N) is 2. The molecule has 0 amide bonds. The predicted molar refractivity (Wildman–Crippen MR) is 81.4 cm³/mol. The van der Waals surface area contributed by atoms with Crippen LogP contribution in [-0.4, -0.2) is 20.9 Å². The van der Waals surface area contributed by atoms with E-state index < -0.39 is 11.8 Å². The molecule has 0 aliphatic heterocycles. The Morgan fingerprint density at radius 3 is 2.73 bits per heavy atom. The van der Waals surface area contributed by atoms with Crippen LogP contribution in [-0.2, 0) is 0 Å². The van der Waals surface area contributed by atoms with Crippen LogP contribution in [0.15, 0.2) is 24.5 Å². The summed E-state index contributed by atoms with van der Waals surface area (Å²) in [7, 11) is 0. The van der Waals surface area contributed by atoms with Crippen molar-refractivity contribution in [1.29, 1.82) is 0 Å². The lowest BCUT2D eigenvalue weighted by Gasteiger charge is -2.21. The van der Waals surface area contributed by atoms with Crippen molar-refractivity contribution < 1.29 is 14.3 Å². The quantitative estimate of drug-likeness (QED) is 0.924. The van der Waals surface area contributed by atoms with Gasteiger partial charge in [-0.05, 0) is 37.5 Å². The molecule has 22 heavy (non-hydrogen) atoms. The number of carboxylic acids is 1. The van der Waals surface area contributed by atoms with E-state index in [4.69, 9.17) is 0 Å². The molecule has 4 nitrogen and oxygen atoms in total. The van der Waals surface area contributed by atoms with E-state index in [-0.39, 0.29) is 5.56 Å². The monoisotopic (exact) mass is 302 g/mol. The molecule has 3 rings (SSSR count). The highest BCUT2D eigenvalue weighted by Gasteiger charge is 2.19. The molecule has 1 N–H and O–H groups in total. The van der Waals surface area contributed by atoms with E-state index in [1.807, 2.05) is 10.9 Å². The molecule has 0 saturated heterocycles. The molecule has 0 radical (unpaired) electrons. The van der Waals surface area contributed by atoms with E-state index in [0.717, 1.165) is 12.8 Å². The standard InChI is InChI=1S/C17H19FN2O2/c1-11-7-15(17(21)22)14(8-16(11)18)12-9-19-20(10-12)13-5-3-2-4-6-13/h7-10,13H,2-6H2,1H3,(H,21,22). The third-order valence-electron chi connectivity index (χ3n) is 4.39. The van der Waals surface area contributed by atoms with Crippen LogP contribution in [0, 0.1) is 12.7 Å². The number of hydrogen-bond acceptors (Lipinski definition) is 2. The SMILES string of the molecule is Cc1cc(C(=O)O)c(-c2cnn(C3CCCCC3)c2)cc1F. The second-order valence-electron chi connectivity index (χ2n) is 5.95. The summed E-state index contributed by atoms with van der Waals surface area (Å²) in [6.45, 7) is 1.57. The highest BCUT2D eigenvalue weighted by atomic mass is 19.1. The normalized spacial score (nSPS) is 15.9. The highest BCUT2D eigenvalue weighted by molar-refractivity contribution is 5.96. The molecule has 1 aromatic heterocycles. The largest absolute Gasteiger partial charge is 0.478 e. The molecule has 1 fully saturated rings. The summed E-state index contributed by atoms with van der Waals surface area (Å²) >= 11 is 0. The fourth-order valence-corrected chi connectivity index (χ4v) is 3.12. The fourth-order valence-electron chi connectivity index (χ4n) is 3.12. The minimum atomic E-state index is -1.05. The molecule has 1 saturated carbocycles. The van der Waals surface area contributed by atoms with Crippen molar-refractivity contribution in [3.05, 3.63) is 41.5 Å². The molecule has 1 heterocycles. The number of aryl methyl sites for hydroxylation is 1. The van der Waals surface area contributed by atoms with Crippen LogP contribution in [0.2, 0.25) is 0 Å². The van der Waals surface area contributed by atoms with Gasteiger partial charge in [0.1, 0.15) is 5.82 Å². The van der Waals surface area contributed by atoms with E-state index in [0.29, 0.717) is 22.7 Å². The number of hydrogen-bond donors (Lipinski definition) is 1. The number of rotatable bonds is 3. The summed E-state index contributed by atoms with van der Waals surface area (Å²) in [5.41, 5.74) is 1.49. The van der Waals surface area contributed by atoms with Gasteiger partial charge in [-0.3, -0.25) is 4.68 Å². The first-order valence-electron chi connectivity index (χ1n) is 7.64. The van der Waals surface area contributed by atoms with Crippen molar-refractivity contribution in [3.8, 4) is 11.1 Å². The van der Waals surface area contributed by atoms with Gasteiger partial charge in [0.2, 0.25) is 0 Å². The average Bonchev–Trinajstić information content (AvgIpc) is 3.00. The fraction of sp³-hybridized carbons (Fsp3) is 0.412. The second kappa shape index (κ2) is 5.91. The van der Waals surface area contributed by atoms with Crippen LogP contribution in [0.4, 0.5) is 4.39 Å². The maximum Gasteiger partial charge on any atom is 0.336 e. The topological polar surface area (TPSA) is 55.1 Å². The first-order chi connectivity index (χ1) is 10.6. The van der Waals surface area contributed by atoms with Crippen molar-refractivity contribution in [2.45, 2.75) is 45.1 Å². The number of carboxylic acid groups (broad SMARTS) is 1. The Balaban J connectivity index is 1.99. The number of carbonyl (C=O) groups is 1. The third-order valence-corrected chi connectivity index (χ3v) is 4.39. The Morgan fingerprint density at radius 1 is 1.32 bits per heavy atom. The van der Waals surface area contributed by atoms with E-state index in [1.54, 1.807) is 13.1 Å². The maximum atomic E-state index is 13.8. The van der Waals surface area contributed by atoms with Crippen LogP contribution in [0.25, 0.3) is 11.1 Å². The number of aromatic carboxylic acids is 1. The molecule has 1 aliphatic rings. The molecule has 2 aromatic rings. The summed E-state index contributed by atoms with van der Waals surface area (Å²) in [4.78, 5) is 11.4. The summed E-state index contributed by atoms with van der Waals surface area (Å²) in [6, 6.07) is 3.04. The minimum Gasteiger partial charge on any atom is -0.478 e. The van der Waals surface area contributed by atoms with Gasteiger partial charge in [-0.2, -0.15) is 5.10 Å². The van der Waals surface area contributed by atoms with Crippen molar-refractivity contribution >= 4 is 5.97 Å². The first-order valence-corrected chi connectivity index (χ1v) is 7.64. The molecule has 0 bridgehead atoms. The summed E-state index contributed by atoms with van der Waals surface area (Å²) in [5, 5.41) is 13.7. The minimum absolute atomic E-state index is 0.113. The van der Waals surface area contributed by atoms with Crippen molar-refractivity contribution in [1.82, 2.24) is 9.78 Å². The number of aromatic nitrogens is 2. The second-order valence-corrected chi connectivity index (χ2v) is 5.95. The Hall–Kier alpha value is -2.17. The van der Waals surface area contributed by atoms with Crippen molar-refractivity contribution in [2.24, 2.45) is 0 Å². The van der Waals surface area contributed by atoms with E-state index in [2.05, 4.69) is 5.10 Å². The van der Waals surface area contributed by atoms with Crippen LogP contribution in [0.1, 0.15) is 54.1 Å². The van der Waals surface area contributed by atoms with Gasteiger partial charge in [-0.1, -0.05) is 19.3 Å². The van der Waals surface area contributed by atoms with Gasteiger partial charge < -0.3 is 5.11 Å².